The molecule has 1 aliphatic carbocycles. The number of nitrogens with one attached hydrogen (secondary N) is 1. The Morgan fingerprint density at radius 3 is 3.00 bits per heavy atom. The molecule has 0 amide bonds. The van der Waals surface area contributed by atoms with Crippen molar-refractivity contribution in [2.45, 2.75) is 31.9 Å². The minimum Gasteiger partial charge on any atom is -0.393 e. The summed E-state index contributed by atoms with van der Waals surface area (Å²) in [7, 11) is 0. The first-order valence-electron chi connectivity index (χ1n) is 5.75. The van der Waals surface area contributed by atoms with E-state index < -0.39 is 0 Å². The Labute approximate surface area is 104 Å². The van der Waals surface area contributed by atoms with Crippen LogP contribution in [0.15, 0.2) is 11.4 Å². The number of nitrogens with zero attached hydrogens (tertiary/aromatic N) is 1. The molecule has 2 atom stereocenters. The standard InChI is InChI=1S/C11H16N2O3S/c14-10-2-1-8(3-10)5-12-6-9-4-11(13(15)16)17-7-9/h4,7-8,10,12,14H,1-3,5-6H2. The van der Waals surface area contributed by atoms with E-state index in [0.29, 0.717) is 12.5 Å². The Bertz CT molecular complexity index is 394. The summed E-state index contributed by atoms with van der Waals surface area (Å²) in [5.74, 6) is 0.540. The molecule has 1 aromatic rings. The summed E-state index contributed by atoms with van der Waals surface area (Å²) >= 11 is 1.16. The monoisotopic (exact) mass is 256 g/mol. The van der Waals surface area contributed by atoms with E-state index in [9.17, 15) is 15.2 Å². The van der Waals surface area contributed by atoms with Crippen molar-refractivity contribution in [3.8, 4) is 0 Å². The second kappa shape index (κ2) is 5.57. The van der Waals surface area contributed by atoms with Gasteiger partial charge in [0.25, 0.3) is 0 Å². The molecule has 0 spiro atoms. The topological polar surface area (TPSA) is 75.4 Å². The number of aliphatic hydroxyl groups excluding tert-OH is 1. The van der Waals surface area contributed by atoms with E-state index in [1.807, 2.05) is 5.38 Å². The molecule has 0 bridgehead atoms. The summed E-state index contributed by atoms with van der Waals surface area (Å²) in [5.41, 5.74) is 0.959. The molecule has 1 saturated carbocycles. The zero-order valence-corrected chi connectivity index (χ0v) is 10.3. The van der Waals surface area contributed by atoms with E-state index in [0.717, 1.165) is 42.7 Å². The van der Waals surface area contributed by atoms with Gasteiger partial charge < -0.3 is 10.4 Å². The molecule has 0 radical (unpaired) electrons. The van der Waals surface area contributed by atoms with Crippen LogP contribution in [-0.4, -0.2) is 22.7 Å². The lowest BCUT2D eigenvalue weighted by molar-refractivity contribution is -0.380. The Hall–Kier alpha value is -0.980. The molecule has 2 rings (SSSR count). The Morgan fingerprint density at radius 1 is 1.59 bits per heavy atom. The van der Waals surface area contributed by atoms with Crippen LogP contribution in [0, 0.1) is 16.0 Å². The van der Waals surface area contributed by atoms with Gasteiger partial charge >= 0.3 is 5.00 Å². The number of thiophene rings is 1. The van der Waals surface area contributed by atoms with Gasteiger partial charge in [0, 0.05) is 18.0 Å². The molecule has 1 aromatic heterocycles. The van der Waals surface area contributed by atoms with Gasteiger partial charge in [-0.05, 0) is 37.3 Å². The highest BCUT2D eigenvalue weighted by Crippen LogP contribution is 2.25. The van der Waals surface area contributed by atoms with E-state index in [-0.39, 0.29) is 16.0 Å². The maximum absolute atomic E-state index is 10.5. The Kier molecular flexibility index (Phi) is 4.09. The quantitative estimate of drug-likeness (QED) is 0.623. The molecular weight excluding hydrogens is 240 g/mol. The zero-order valence-electron chi connectivity index (χ0n) is 9.46. The van der Waals surface area contributed by atoms with Crippen molar-refractivity contribution in [3.63, 3.8) is 0 Å². The third-order valence-electron chi connectivity index (χ3n) is 3.10. The lowest BCUT2D eigenvalue weighted by Gasteiger charge is -2.09. The summed E-state index contributed by atoms with van der Waals surface area (Å²) in [6.45, 7) is 1.54. The van der Waals surface area contributed by atoms with E-state index in [4.69, 9.17) is 0 Å². The van der Waals surface area contributed by atoms with Crippen molar-refractivity contribution in [2.24, 2.45) is 5.92 Å². The van der Waals surface area contributed by atoms with Crippen LogP contribution in [0.3, 0.4) is 0 Å². The second-order valence-electron chi connectivity index (χ2n) is 4.51. The lowest BCUT2D eigenvalue weighted by atomic mass is 10.1. The van der Waals surface area contributed by atoms with Gasteiger partial charge in [0.1, 0.15) is 0 Å². The number of nitro groups is 1. The summed E-state index contributed by atoms with van der Waals surface area (Å²) in [6, 6.07) is 1.61. The molecule has 0 saturated heterocycles. The fourth-order valence-corrected chi connectivity index (χ4v) is 2.93. The highest BCUT2D eigenvalue weighted by atomic mass is 32.1. The fourth-order valence-electron chi connectivity index (χ4n) is 2.21. The van der Waals surface area contributed by atoms with Crippen LogP contribution in [0.4, 0.5) is 5.00 Å². The number of rotatable bonds is 5. The second-order valence-corrected chi connectivity index (χ2v) is 5.40. The lowest BCUT2D eigenvalue weighted by Crippen LogP contribution is -2.21. The third kappa shape index (κ3) is 3.49. The number of aliphatic hydroxyl groups is 1. The largest absolute Gasteiger partial charge is 0.393 e. The van der Waals surface area contributed by atoms with Crippen LogP contribution in [0.1, 0.15) is 24.8 Å². The van der Waals surface area contributed by atoms with Crippen molar-refractivity contribution < 1.29 is 10.0 Å². The average Bonchev–Trinajstić information content (AvgIpc) is 2.88. The highest BCUT2D eigenvalue weighted by Gasteiger charge is 2.22. The molecule has 0 aliphatic heterocycles. The SMILES string of the molecule is O=[N+]([O-])c1cc(CNCC2CCC(O)C2)cs1. The molecule has 6 heteroatoms. The number of hydrogen-bond acceptors (Lipinski definition) is 5. The molecule has 2 N–H and O–H groups in total. The first-order chi connectivity index (χ1) is 8.15. The molecule has 1 heterocycles. The Balaban J connectivity index is 1.72. The van der Waals surface area contributed by atoms with Crippen LogP contribution in [-0.2, 0) is 6.54 Å². The predicted octanol–water partition coefficient (Wildman–Crippen LogP) is 1.91. The zero-order chi connectivity index (χ0) is 12.3. The van der Waals surface area contributed by atoms with E-state index in [2.05, 4.69) is 5.32 Å². The van der Waals surface area contributed by atoms with Crippen molar-refractivity contribution in [1.29, 1.82) is 0 Å². The summed E-state index contributed by atoms with van der Waals surface area (Å²) in [6.07, 6.45) is 2.70. The average molecular weight is 256 g/mol. The normalized spacial score (nSPS) is 24.1. The Morgan fingerprint density at radius 2 is 2.41 bits per heavy atom. The summed E-state index contributed by atoms with van der Waals surface area (Å²) < 4.78 is 0. The van der Waals surface area contributed by atoms with Gasteiger partial charge in [-0.25, -0.2) is 0 Å². The number of hydrogen-bond donors (Lipinski definition) is 2. The van der Waals surface area contributed by atoms with Gasteiger partial charge in [-0.1, -0.05) is 11.3 Å². The highest BCUT2D eigenvalue weighted by molar-refractivity contribution is 7.13. The maximum Gasteiger partial charge on any atom is 0.324 e. The molecule has 0 aromatic carbocycles. The van der Waals surface area contributed by atoms with Crippen LogP contribution in [0.2, 0.25) is 0 Å². The minimum atomic E-state index is -0.360. The molecule has 1 fully saturated rings. The van der Waals surface area contributed by atoms with E-state index >= 15 is 0 Å². The van der Waals surface area contributed by atoms with Gasteiger partial charge in [0.15, 0.2) is 0 Å². The van der Waals surface area contributed by atoms with Crippen molar-refractivity contribution >= 4 is 16.3 Å². The van der Waals surface area contributed by atoms with E-state index in [1.54, 1.807) is 6.07 Å². The molecule has 17 heavy (non-hydrogen) atoms. The van der Waals surface area contributed by atoms with Crippen LogP contribution in [0.5, 0.6) is 0 Å². The van der Waals surface area contributed by atoms with Crippen molar-refractivity contribution in [1.82, 2.24) is 5.32 Å². The van der Waals surface area contributed by atoms with Crippen molar-refractivity contribution in [3.05, 3.63) is 27.1 Å². The maximum atomic E-state index is 10.5. The molecular formula is C11H16N2O3S. The molecule has 2 unspecified atom stereocenters. The molecule has 94 valence electrons. The molecule has 1 aliphatic rings. The summed E-state index contributed by atoms with van der Waals surface area (Å²) in [5, 5.41) is 25.2. The van der Waals surface area contributed by atoms with Gasteiger partial charge in [-0.3, -0.25) is 10.1 Å². The fraction of sp³-hybridized carbons (Fsp3) is 0.636. The smallest absolute Gasteiger partial charge is 0.324 e. The van der Waals surface area contributed by atoms with Crippen LogP contribution in [0.25, 0.3) is 0 Å². The van der Waals surface area contributed by atoms with Gasteiger partial charge in [-0.15, -0.1) is 0 Å². The first-order valence-corrected chi connectivity index (χ1v) is 6.63. The predicted molar refractivity (Wildman–Crippen MR) is 66.0 cm³/mol. The van der Waals surface area contributed by atoms with Crippen LogP contribution < -0.4 is 5.32 Å². The first kappa shape index (κ1) is 12.5. The van der Waals surface area contributed by atoms with E-state index in [1.165, 1.54) is 0 Å². The molecule has 5 nitrogen and oxygen atoms in total. The minimum absolute atomic E-state index is 0.135. The third-order valence-corrected chi connectivity index (χ3v) is 4.02. The van der Waals surface area contributed by atoms with Crippen LogP contribution >= 0.6 is 11.3 Å². The van der Waals surface area contributed by atoms with Gasteiger partial charge in [0.2, 0.25) is 0 Å². The van der Waals surface area contributed by atoms with Gasteiger partial charge in [-0.2, -0.15) is 0 Å². The van der Waals surface area contributed by atoms with Gasteiger partial charge in [0.05, 0.1) is 11.0 Å². The van der Waals surface area contributed by atoms with Crippen molar-refractivity contribution in [2.75, 3.05) is 6.54 Å². The summed E-state index contributed by atoms with van der Waals surface area (Å²) in [4.78, 5) is 10.1.